The van der Waals surface area contributed by atoms with Gasteiger partial charge in [-0.2, -0.15) is 13.2 Å². The van der Waals surface area contributed by atoms with Crippen molar-refractivity contribution in [1.29, 1.82) is 0 Å². The maximum absolute atomic E-state index is 12.7. The summed E-state index contributed by atoms with van der Waals surface area (Å²) >= 11 is 5.86. The van der Waals surface area contributed by atoms with Gasteiger partial charge in [0.15, 0.2) is 5.75 Å². The molecule has 1 aromatic carbocycles. The molecule has 0 saturated carbocycles. The zero-order valence-corrected chi connectivity index (χ0v) is 16.9. The number of anilines is 1. The van der Waals surface area contributed by atoms with Gasteiger partial charge in [0.2, 0.25) is 17.7 Å². The monoisotopic (exact) mass is 443 g/mol. The summed E-state index contributed by atoms with van der Waals surface area (Å²) in [6.07, 6.45) is -1.52. The minimum atomic E-state index is -4.59. The van der Waals surface area contributed by atoms with Gasteiger partial charge in [-0.3, -0.25) is 9.59 Å². The van der Waals surface area contributed by atoms with Crippen molar-refractivity contribution in [2.45, 2.75) is 38.8 Å². The molecule has 0 aliphatic rings. The predicted molar refractivity (Wildman–Crippen MR) is 107 cm³/mol. The van der Waals surface area contributed by atoms with Crippen LogP contribution >= 0.6 is 11.6 Å². The molecule has 0 saturated heterocycles. The number of amides is 2. The Morgan fingerprint density at radius 1 is 1.17 bits per heavy atom. The molecule has 1 aromatic heterocycles. The van der Waals surface area contributed by atoms with Crippen molar-refractivity contribution in [3.63, 3.8) is 0 Å². The van der Waals surface area contributed by atoms with Crippen LogP contribution in [-0.4, -0.2) is 23.3 Å². The van der Waals surface area contributed by atoms with Crippen LogP contribution in [0.15, 0.2) is 36.5 Å². The third-order valence-electron chi connectivity index (χ3n) is 3.93. The third-order valence-corrected chi connectivity index (χ3v) is 4.20. The van der Waals surface area contributed by atoms with E-state index in [0.29, 0.717) is 18.8 Å². The van der Waals surface area contributed by atoms with Crippen molar-refractivity contribution in [2.24, 2.45) is 0 Å². The number of aromatic nitrogens is 1. The Balaban J connectivity index is 2.02. The summed E-state index contributed by atoms with van der Waals surface area (Å²) in [7, 11) is 0. The van der Waals surface area contributed by atoms with E-state index in [1.807, 2.05) is 6.92 Å². The van der Waals surface area contributed by atoms with Crippen molar-refractivity contribution in [3.05, 3.63) is 47.1 Å². The second-order valence-electron chi connectivity index (χ2n) is 6.39. The number of ether oxygens (including phenoxy) is 1. The van der Waals surface area contributed by atoms with Crippen molar-refractivity contribution in [2.75, 3.05) is 11.9 Å². The number of unbranched alkanes of at least 4 members (excludes halogenated alkanes) is 2. The van der Waals surface area contributed by atoms with E-state index >= 15 is 0 Å². The largest absolute Gasteiger partial charge is 0.435 e. The highest BCUT2D eigenvalue weighted by Gasteiger charge is 2.32. The standard InChI is InChI=1S/C20H21ClF3N3O3/c1-2-3-6-9-25-17(28)11-18(29)27-15-7-4-5-8-16(15)30-19-14(21)10-13(12-26-19)20(22,23)24/h4-5,7-8,10,12H,2-3,6,9,11H2,1H3,(H,25,28)(H,27,29). The number of rotatable bonds is 9. The quantitative estimate of drug-likeness (QED) is 0.413. The van der Waals surface area contributed by atoms with E-state index in [1.165, 1.54) is 12.1 Å². The lowest BCUT2D eigenvalue weighted by Gasteiger charge is -2.13. The fourth-order valence-corrected chi connectivity index (χ4v) is 2.63. The maximum atomic E-state index is 12.7. The second kappa shape index (κ2) is 10.8. The minimum absolute atomic E-state index is 0.114. The number of para-hydroxylation sites is 2. The van der Waals surface area contributed by atoms with Crippen LogP contribution in [-0.2, 0) is 15.8 Å². The normalized spacial score (nSPS) is 11.1. The zero-order valence-electron chi connectivity index (χ0n) is 16.2. The van der Waals surface area contributed by atoms with Crippen LogP contribution in [0.2, 0.25) is 5.02 Å². The van der Waals surface area contributed by atoms with Crippen LogP contribution < -0.4 is 15.4 Å². The Morgan fingerprint density at radius 3 is 2.57 bits per heavy atom. The van der Waals surface area contributed by atoms with Crippen LogP contribution in [0.1, 0.15) is 38.2 Å². The Kier molecular flexibility index (Phi) is 8.46. The highest BCUT2D eigenvalue weighted by molar-refractivity contribution is 6.31. The summed E-state index contributed by atoms with van der Waals surface area (Å²) in [6.45, 7) is 2.54. The van der Waals surface area contributed by atoms with Gasteiger partial charge >= 0.3 is 6.18 Å². The molecule has 6 nitrogen and oxygen atoms in total. The number of carbonyl (C=O) groups is 2. The molecular weight excluding hydrogens is 423 g/mol. The second-order valence-corrected chi connectivity index (χ2v) is 6.80. The molecule has 2 aromatic rings. The Morgan fingerprint density at radius 2 is 1.90 bits per heavy atom. The van der Waals surface area contributed by atoms with Crippen molar-refractivity contribution in [3.8, 4) is 11.6 Å². The van der Waals surface area contributed by atoms with Crippen molar-refractivity contribution < 1.29 is 27.5 Å². The molecule has 0 spiro atoms. The smallest absolute Gasteiger partial charge is 0.417 e. The minimum Gasteiger partial charge on any atom is -0.435 e. The zero-order chi connectivity index (χ0) is 22.1. The van der Waals surface area contributed by atoms with Gasteiger partial charge < -0.3 is 15.4 Å². The van der Waals surface area contributed by atoms with Crippen LogP contribution in [0, 0.1) is 0 Å². The molecule has 0 bridgehead atoms. The highest BCUT2D eigenvalue weighted by atomic mass is 35.5. The van der Waals surface area contributed by atoms with Crippen molar-refractivity contribution in [1.82, 2.24) is 10.3 Å². The molecule has 0 radical (unpaired) electrons. The summed E-state index contributed by atoms with van der Waals surface area (Å²) in [6, 6.07) is 6.92. The summed E-state index contributed by atoms with van der Waals surface area (Å²) in [5, 5.41) is 4.87. The molecule has 10 heteroatoms. The molecule has 0 unspecified atom stereocenters. The maximum Gasteiger partial charge on any atom is 0.417 e. The Bertz CT molecular complexity index is 891. The summed E-state index contributed by atoms with van der Waals surface area (Å²) in [5.74, 6) is -1.11. The van der Waals surface area contributed by atoms with Gasteiger partial charge in [0, 0.05) is 12.7 Å². The fourth-order valence-electron chi connectivity index (χ4n) is 2.42. The van der Waals surface area contributed by atoms with Crippen LogP contribution in [0.3, 0.4) is 0 Å². The first-order chi connectivity index (χ1) is 14.2. The molecule has 2 N–H and O–H groups in total. The number of hydrogen-bond donors (Lipinski definition) is 2. The van der Waals surface area contributed by atoms with E-state index in [9.17, 15) is 22.8 Å². The molecule has 0 aliphatic carbocycles. The topological polar surface area (TPSA) is 80.3 Å². The van der Waals surface area contributed by atoms with Gasteiger partial charge in [0.05, 0.1) is 11.3 Å². The summed E-state index contributed by atoms with van der Waals surface area (Å²) in [5.41, 5.74) is -0.787. The molecule has 2 amide bonds. The lowest BCUT2D eigenvalue weighted by Crippen LogP contribution is -2.28. The first-order valence-electron chi connectivity index (χ1n) is 9.27. The van der Waals surface area contributed by atoms with Gasteiger partial charge in [0.25, 0.3) is 0 Å². The van der Waals surface area contributed by atoms with Gasteiger partial charge in [-0.05, 0) is 24.6 Å². The first-order valence-corrected chi connectivity index (χ1v) is 9.64. The van der Waals surface area contributed by atoms with E-state index in [2.05, 4.69) is 15.6 Å². The number of benzene rings is 1. The van der Waals surface area contributed by atoms with Crippen LogP contribution in [0.5, 0.6) is 11.6 Å². The Labute approximate surface area is 176 Å². The van der Waals surface area contributed by atoms with Crippen LogP contribution in [0.4, 0.5) is 18.9 Å². The van der Waals surface area contributed by atoms with Gasteiger partial charge in [-0.15, -0.1) is 0 Å². The number of alkyl halides is 3. The van der Waals surface area contributed by atoms with E-state index in [-0.39, 0.29) is 28.8 Å². The van der Waals surface area contributed by atoms with Crippen LogP contribution in [0.25, 0.3) is 0 Å². The van der Waals surface area contributed by atoms with E-state index in [4.69, 9.17) is 16.3 Å². The number of pyridine rings is 1. The molecule has 0 fully saturated rings. The number of nitrogens with zero attached hydrogens (tertiary/aromatic N) is 1. The molecule has 0 atom stereocenters. The molecule has 162 valence electrons. The Hall–Kier alpha value is -2.81. The number of halogens is 4. The summed E-state index contributed by atoms with van der Waals surface area (Å²) in [4.78, 5) is 27.6. The van der Waals surface area contributed by atoms with Gasteiger partial charge in [-0.25, -0.2) is 4.98 Å². The highest BCUT2D eigenvalue weighted by Crippen LogP contribution is 2.36. The van der Waals surface area contributed by atoms with E-state index in [0.717, 1.165) is 19.3 Å². The molecule has 0 aliphatic heterocycles. The van der Waals surface area contributed by atoms with Gasteiger partial charge in [-0.1, -0.05) is 43.5 Å². The third kappa shape index (κ3) is 7.22. The number of nitrogens with one attached hydrogen (secondary N) is 2. The summed E-state index contributed by atoms with van der Waals surface area (Å²) < 4.78 is 43.7. The predicted octanol–water partition coefficient (Wildman–Crippen LogP) is 5.18. The SMILES string of the molecule is CCCCCNC(=O)CC(=O)Nc1ccccc1Oc1ncc(C(F)(F)F)cc1Cl. The van der Waals surface area contributed by atoms with Crippen molar-refractivity contribution >= 4 is 29.1 Å². The first kappa shape index (κ1) is 23.5. The average molecular weight is 444 g/mol. The fraction of sp³-hybridized carbons (Fsp3) is 0.350. The molecular formula is C20H21ClF3N3O3. The average Bonchev–Trinajstić information content (AvgIpc) is 2.67. The lowest BCUT2D eigenvalue weighted by atomic mass is 10.2. The molecule has 2 rings (SSSR count). The van der Waals surface area contributed by atoms with Gasteiger partial charge in [0.1, 0.15) is 11.4 Å². The molecule has 1 heterocycles. The number of carbonyl (C=O) groups excluding carboxylic acids is 2. The molecule has 30 heavy (non-hydrogen) atoms. The lowest BCUT2D eigenvalue weighted by molar-refractivity contribution is -0.138. The number of hydrogen-bond acceptors (Lipinski definition) is 4. The van der Waals surface area contributed by atoms with E-state index in [1.54, 1.807) is 12.1 Å². The van der Waals surface area contributed by atoms with E-state index < -0.39 is 23.6 Å².